The molecule has 0 unspecified atom stereocenters. The van der Waals surface area contributed by atoms with Gasteiger partial charge in [0.2, 0.25) is 5.91 Å². The lowest BCUT2D eigenvalue weighted by molar-refractivity contribution is -0.120. The van der Waals surface area contributed by atoms with Gasteiger partial charge in [-0.1, -0.05) is 54.2 Å². The van der Waals surface area contributed by atoms with Crippen molar-refractivity contribution >= 4 is 28.7 Å². The summed E-state index contributed by atoms with van der Waals surface area (Å²) in [5.41, 5.74) is 2.91. The molecule has 2 N–H and O–H groups in total. The number of hydrogen-bond acceptors (Lipinski definition) is 3. The summed E-state index contributed by atoms with van der Waals surface area (Å²) in [6, 6.07) is 18.1. The summed E-state index contributed by atoms with van der Waals surface area (Å²) in [5.74, 6) is 0.0594. The molecule has 1 aliphatic rings. The Morgan fingerprint density at radius 3 is 2.61 bits per heavy atom. The molecular weight excluding hydrogens is 306 g/mol. The highest BCUT2D eigenvalue weighted by atomic mass is 32.2. The number of nitrogens with one attached hydrogen (secondary N) is 2. The highest BCUT2D eigenvalue weighted by Gasteiger charge is 2.29. The molecule has 0 radical (unpaired) electrons. The van der Waals surface area contributed by atoms with E-state index in [1.807, 2.05) is 54.6 Å². The van der Waals surface area contributed by atoms with Crippen LogP contribution in [0.1, 0.15) is 23.7 Å². The molecule has 3 aromatic rings. The van der Waals surface area contributed by atoms with Gasteiger partial charge in [-0.25, -0.2) is 4.98 Å². The van der Waals surface area contributed by atoms with E-state index in [-0.39, 0.29) is 11.2 Å². The molecule has 0 aliphatic heterocycles. The summed E-state index contributed by atoms with van der Waals surface area (Å²) in [4.78, 5) is 20.5. The summed E-state index contributed by atoms with van der Waals surface area (Å²) < 4.78 is 0. The maximum absolute atomic E-state index is 12.6. The fourth-order valence-electron chi connectivity index (χ4n) is 2.50. The van der Waals surface area contributed by atoms with E-state index in [1.165, 1.54) is 11.8 Å². The number of H-pyrrole nitrogens is 1. The predicted molar refractivity (Wildman–Crippen MR) is 92.3 cm³/mol. The van der Waals surface area contributed by atoms with Crippen molar-refractivity contribution in [2.24, 2.45) is 0 Å². The maximum atomic E-state index is 12.6. The Morgan fingerprint density at radius 1 is 1.13 bits per heavy atom. The van der Waals surface area contributed by atoms with Gasteiger partial charge < -0.3 is 10.3 Å². The minimum Gasteiger partial charge on any atom is -0.352 e. The van der Waals surface area contributed by atoms with Crippen LogP contribution >= 0.6 is 11.8 Å². The standard InChI is InChI=1S/C18H17N3OS/c22-17(19-13-10-11-13)16(12-6-2-1-3-7-12)23-18-20-14-8-4-5-9-15(14)21-18/h1-9,13,16H,10-11H2,(H,19,22)(H,20,21)/t16-/m1/s1. The van der Waals surface area contributed by atoms with Gasteiger partial charge in [0.1, 0.15) is 5.25 Å². The molecule has 1 atom stereocenters. The summed E-state index contributed by atoms with van der Waals surface area (Å²) >= 11 is 1.47. The average molecular weight is 323 g/mol. The van der Waals surface area contributed by atoms with E-state index >= 15 is 0 Å². The van der Waals surface area contributed by atoms with E-state index in [4.69, 9.17) is 0 Å². The number of carbonyl (C=O) groups excluding carboxylic acids is 1. The molecule has 0 bridgehead atoms. The third kappa shape index (κ3) is 3.24. The zero-order chi connectivity index (χ0) is 15.6. The average Bonchev–Trinajstić information content (AvgIpc) is 3.29. The molecule has 4 rings (SSSR count). The summed E-state index contributed by atoms with van der Waals surface area (Å²) in [7, 11) is 0. The molecule has 2 aromatic carbocycles. The number of para-hydroxylation sites is 2. The Morgan fingerprint density at radius 2 is 1.87 bits per heavy atom. The fraction of sp³-hybridized carbons (Fsp3) is 0.222. The van der Waals surface area contributed by atoms with Crippen LogP contribution < -0.4 is 5.32 Å². The lowest BCUT2D eigenvalue weighted by Crippen LogP contribution is -2.29. The molecule has 1 aliphatic carbocycles. The minimum atomic E-state index is -0.294. The number of carbonyl (C=O) groups is 1. The second-order valence-electron chi connectivity index (χ2n) is 5.75. The first-order valence-electron chi connectivity index (χ1n) is 7.76. The van der Waals surface area contributed by atoms with Crippen LogP contribution in [0.5, 0.6) is 0 Å². The number of rotatable bonds is 5. The van der Waals surface area contributed by atoms with Gasteiger partial charge in [0, 0.05) is 6.04 Å². The van der Waals surface area contributed by atoms with Crippen molar-refractivity contribution in [1.82, 2.24) is 15.3 Å². The first-order valence-corrected chi connectivity index (χ1v) is 8.64. The molecule has 23 heavy (non-hydrogen) atoms. The molecule has 116 valence electrons. The molecule has 5 heteroatoms. The number of aromatic nitrogens is 2. The molecular formula is C18H17N3OS. The van der Waals surface area contributed by atoms with Crippen LogP contribution in [-0.4, -0.2) is 21.9 Å². The zero-order valence-electron chi connectivity index (χ0n) is 12.5. The van der Waals surface area contributed by atoms with Crippen LogP contribution in [0.3, 0.4) is 0 Å². The van der Waals surface area contributed by atoms with E-state index < -0.39 is 0 Å². The van der Waals surface area contributed by atoms with Gasteiger partial charge in [0.25, 0.3) is 0 Å². The summed E-state index contributed by atoms with van der Waals surface area (Å²) in [6.07, 6.45) is 2.17. The maximum Gasteiger partial charge on any atom is 0.238 e. The number of benzene rings is 2. The number of fused-ring (bicyclic) bond motifs is 1. The number of aromatic amines is 1. The van der Waals surface area contributed by atoms with Crippen molar-refractivity contribution in [2.75, 3.05) is 0 Å². The van der Waals surface area contributed by atoms with Gasteiger partial charge >= 0.3 is 0 Å². The van der Waals surface area contributed by atoms with E-state index in [1.54, 1.807) is 0 Å². The quantitative estimate of drug-likeness (QED) is 0.704. The van der Waals surface area contributed by atoms with Crippen LogP contribution in [-0.2, 0) is 4.79 Å². The van der Waals surface area contributed by atoms with Gasteiger partial charge in [-0.2, -0.15) is 0 Å². The van der Waals surface area contributed by atoms with E-state index in [0.717, 1.165) is 34.6 Å². The second-order valence-corrected chi connectivity index (χ2v) is 6.84. The molecule has 4 nitrogen and oxygen atoms in total. The smallest absolute Gasteiger partial charge is 0.238 e. The third-order valence-corrected chi connectivity index (χ3v) is 5.00. The summed E-state index contributed by atoms with van der Waals surface area (Å²) in [5, 5.41) is 3.58. The van der Waals surface area contributed by atoms with Gasteiger partial charge in [-0.15, -0.1) is 0 Å². The summed E-state index contributed by atoms with van der Waals surface area (Å²) in [6.45, 7) is 0. The predicted octanol–water partition coefficient (Wildman–Crippen LogP) is 3.67. The third-order valence-electron chi connectivity index (χ3n) is 3.86. The van der Waals surface area contributed by atoms with Gasteiger partial charge in [-0.3, -0.25) is 4.79 Å². The van der Waals surface area contributed by atoms with Crippen molar-refractivity contribution in [3.63, 3.8) is 0 Å². The van der Waals surface area contributed by atoms with E-state index in [9.17, 15) is 4.79 Å². The normalized spacial score (nSPS) is 15.5. The first kappa shape index (κ1) is 14.3. The van der Waals surface area contributed by atoms with Crippen LogP contribution in [0.25, 0.3) is 11.0 Å². The monoisotopic (exact) mass is 323 g/mol. The minimum absolute atomic E-state index is 0.0594. The fourth-order valence-corrected chi connectivity index (χ4v) is 3.51. The lowest BCUT2D eigenvalue weighted by atomic mass is 10.1. The largest absolute Gasteiger partial charge is 0.352 e. The number of imidazole rings is 1. The van der Waals surface area contributed by atoms with Crippen LogP contribution in [0.15, 0.2) is 59.8 Å². The molecule has 1 amide bonds. The van der Waals surface area contributed by atoms with E-state index in [0.29, 0.717) is 6.04 Å². The van der Waals surface area contributed by atoms with Crippen molar-refractivity contribution in [3.05, 3.63) is 60.2 Å². The van der Waals surface area contributed by atoms with Crippen molar-refractivity contribution in [3.8, 4) is 0 Å². The van der Waals surface area contributed by atoms with E-state index in [2.05, 4.69) is 15.3 Å². The SMILES string of the molecule is O=C(NC1CC1)[C@H](Sc1nc2ccccc2[nH]1)c1ccccc1. The van der Waals surface area contributed by atoms with Crippen LogP contribution in [0, 0.1) is 0 Å². The molecule has 0 saturated heterocycles. The van der Waals surface area contributed by atoms with Gasteiger partial charge in [0.05, 0.1) is 11.0 Å². The molecule has 1 fully saturated rings. The highest BCUT2D eigenvalue weighted by molar-refractivity contribution is 8.00. The Labute approximate surface area is 138 Å². The van der Waals surface area contributed by atoms with Gasteiger partial charge in [0.15, 0.2) is 5.16 Å². The molecule has 1 heterocycles. The van der Waals surface area contributed by atoms with Gasteiger partial charge in [-0.05, 0) is 30.5 Å². The van der Waals surface area contributed by atoms with Crippen LogP contribution in [0.2, 0.25) is 0 Å². The molecule has 0 spiro atoms. The lowest BCUT2D eigenvalue weighted by Gasteiger charge is -2.15. The number of nitrogens with zero attached hydrogens (tertiary/aromatic N) is 1. The van der Waals surface area contributed by atoms with Crippen molar-refractivity contribution in [1.29, 1.82) is 0 Å². The Bertz CT molecular complexity index is 793. The molecule has 1 saturated carbocycles. The highest BCUT2D eigenvalue weighted by Crippen LogP contribution is 2.35. The first-order chi connectivity index (χ1) is 11.3. The Kier molecular flexibility index (Phi) is 3.79. The topological polar surface area (TPSA) is 57.8 Å². The van der Waals surface area contributed by atoms with Crippen molar-refractivity contribution < 1.29 is 4.79 Å². The Balaban J connectivity index is 1.62. The number of amides is 1. The van der Waals surface area contributed by atoms with Crippen molar-refractivity contribution in [2.45, 2.75) is 29.3 Å². The Hall–Kier alpha value is -2.27. The zero-order valence-corrected chi connectivity index (χ0v) is 13.3. The molecule has 1 aromatic heterocycles. The van der Waals surface area contributed by atoms with Crippen LogP contribution in [0.4, 0.5) is 0 Å². The number of thioether (sulfide) groups is 1. The number of hydrogen-bond donors (Lipinski definition) is 2. The second kappa shape index (κ2) is 6.08.